The molecule has 268 valence electrons. The molecule has 14 nitrogen and oxygen atoms in total. The van der Waals surface area contributed by atoms with Crippen LogP contribution in [-0.2, 0) is 42.1 Å². The van der Waals surface area contributed by atoms with Crippen molar-refractivity contribution in [1.29, 1.82) is 0 Å². The first-order chi connectivity index (χ1) is 23.9. The molecule has 0 N–H and O–H groups in total. The van der Waals surface area contributed by atoms with E-state index in [2.05, 4.69) is 18.7 Å². The molecule has 2 aliphatic heterocycles. The molecule has 0 atom stereocenters. The largest absolute Gasteiger partial charge is 0.343 e. The molecule has 2 aromatic heterocycles. The van der Waals surface area contributed by atoms with E-state index in [4.69, 9.17) is 0 Å². The summed E-state index contributed by atoms with van der Waals surface area (Å²) in [5.41, 5.74) is 2.33. The summed E-state index contributed by atoms with van der Waals surface area (Å²) in [5, 5.41) is 0.927. The zero-order valence-corrected chi connectivity index (χ0v) is 31.2. The van der Waals surface area contributed by atoms with Gasteiger partial charge in [-0.2, -0.15) is 18.7 Å². The Balaban J connectivity index is 0.000000194. The molecule has 0 unspecified atom stereocenters. The lowest BCUT2D eigenvalue weighted by Gasteiger charge is -2.34. The summed E-state index contributed by atoms with van der Waals surface area (Å²) in [6.07, 6.45) is 4.69. The molecule has 2 saturated heterocycles. The highest BCUT2D eigenvalue weighted by Crippen LogP contribution is 2.23. The lowest BCUT2D eigenvalue weighted by Crippen LogP contribution is -2.48. The summed E-state index contributed by atoms with van der Waals surface area (Å²) in [5.74, 6) is 0.301. The molecule has 4 aromatic rings. The summed E-state index contributed by atoms with van der Waals surface area (Å²) >= 11 is 2.16. The smallest absolute Gasteiger partial charge is 0.260 e. The molecular formula is C32H40N8O6S4. The second-order valence-corrected chi connectivity index (χ2v) is 17.2. The Kier molecular flexibility index (Phi) is 12.5. The standard InChI is InChI=1S/2C16H20N4O3S2/c2*1-25(22,23)15-17-16(24-18-15)20-11-9-19(10-12-20)14(21)8-7-13-5-3-2-4-6-13/h2*2-6H,7-12H2,1H3. The van der Waals surface area contributed by atoms with E-state index in [9.17, 15) is 26.4 Å². The van der Waals surface area contributed by atoms with Gasteiger partial charge < -0.3 is 19.6 Å². The van der Waals surface area contributed by atoms with Gasteiger partial charge in [0, 0.05) is 101 Å². The number of aromatic nitrogens is 4. The van der Waals surface area contributed by atoms with Gasteiger partial charge in [0.2, 0.25) is 41.8 Å². The molecule has 0 spiro atoms. The molecule has 0 bridgehead atoms. The number of carbonyl (C=O) groups excluding carboxylic acids is 2. The predicted octanol–water partition coefficient (Wildman–Crippen LogP) is 2.45. The van der Waals surface area contributed by atoms with E-state index < -0.39 is 19.7 Å². The summed E-state index contributed by atoms with van der Waals surface area (Å²) in [7, 11) is -6.76. The van der Waals surface area contributed by atoms with Gasteiger partial charge in [0.15, 0.2) is 0 Å². The Labute approximate surface area is 300 Å². The quantitative estimate of drug-likeness (QED) is 0.232. The summed E-state index contributed by atoms with van der Waals surface area (Å²) in [4.78, 5) is 40.6. The third-order valence-corrected chi connectivity index (χ3v) is 11.7. The highest BCUT2D eigenvalue weighted by atomic mass is 32.2. The molecule has 0 saturated carbocycles. The number of anilines is 2. The van der Waals surface area contributed by atoms with Crippen molar-refractivity contribution in [2.24, 2.45) is 0 Å². The number of amides is 2. The van der Waals surface area contributed by atoms with Crippen LogP contribution in [0.2, 0.25) is 0 Å². The van der Waals surface area contributed by atoms with Gasteiger partial charge in [0.05, 0.1) is 0 Å². The minimum atomic E-state index is -3.38. The Bertz CT molecular complexity index is 1800. The van der Waals surface area contributed by atoms with E-state index in [0.29, 0.717) is 75.5 Å². The fourth-order valence-corrected chi connectivity index (χ4v) is 8.54. The van der Waals surface area contributed by atoms with Crippen molar-refractivity contribution in [3.05, 3.63) is 71.8 Å². The van der Waals surface area contributed by atoms with E-state index >= 15 is 0 Å². The number of benzene rings is 2. The minimum absolute atomic E-state index is 0.131. The van der Waals surface area contributed by atoms with Crippen LogP contribution in [0.25, 0.3) is 0 Å². The Morgan fingerprint density at radius 2 is 0.920 bits per heavy atom. The van der Waals surface area contributed by atoms with Gasteiger partial charge in [-0.05, 0) is 24.0 Å². The fraction of sp³-hybridized carbons (Fsp3) is 0.438. The van der Waals surface area contributed by atoms with E-state index in [1.807, 2.05) is 80.3 Å². The first kappa shape index (κ1) is 37.3. The number of aryl methyl sites for hydroxylation is 2. The maximum absolute atomic E-state index is 12.4. The summed E-state index contributed by atoms with van der Waals surface area (Å²) in [6.45, 7) is 4.99. The zero-order valence-electron chi connectivity index (χ0n) is 27.9. The van der Waals surface area contributed by atoms with Gasteiger partial charge in [0.1, 0.15) is 0 Å². The summed E-state index contributed by atoms with van der Waals surface area (Å²) < 4.78 is 53.7. The van der Waals surface area contributed by atoms with Crippen molar-refractivity contribution in [3.63, 3.8) is 0 Å². The van der Waals surface area contributed by atoms with E-state index in [1.165, 1.54) is 0 Å². The van der Waals surface area contributed by atoms with Crippen molar-refractivity contribution in [3.8, 4) is 0 Å². The first-order valence-electron chi connectivity index (χ1n) is 16.1. The molecular weight excluding hydrogens is 721 g/mol. The van der Waals surface area contributed by atoms with Crippen molar-refractivity contribution in [2.75, 3.05) is 74.7 Å². The lowest BCUT2D eigenvalue weighted by atomic mass is 10.1. The molecule has 6 rings (SSSR count). The van der Waals surface area contributed by atoms with Crippen molar-refractivity contribution in [2.45, 2.75) is 36.0 Å². The maximum atomic E-state index is 12.4. The van der Waals surface area contributed by atoms with Crippen LogP contribution in [0, 0.1) is 0 Å². The molecule has 0 aliphatic carbocycles. The van der Waals surface area contributed by atoms with Gasteiger partial charge in [0.25, 0.3) is 10.3 Å². The monoisotopic (exact) mass is 760 g/mol. The zero-order chi connectivity index (χ0) is 35.7. The number of hydrogen-bond acceptors (Lipinski definition) is 14. The Morgan fingerprint density at radius 1 is 0.580 bits per heavy atom. The van der Waals surface area contributed by atoms with Gasteiger partial charge in [-0.25, -0.2) is 16.8 Å². The minimum Gasteiger partial charge on any atom is -0.343 e. The normalized spacial score (nSPS) is 15.4. The number of sulfone groups is 2. The summed E-state index contributed by atoms with van der Waals surface area (Å²) in [6, 6.07) is 20.0. The van der Waals surface area contributed by atoms with Crippen LogP contribution in [0.4, 0.5) is 10.3 Å². The maximum Gasteiger partial charge on any atom is 0.260 e. The topological polar surface area (TPSA) is 167 Å². The number of nitrogens with zero attached hydrogens (tertiary/aromatic N) is 8. The highest BCUT2D eigenvalue weighted by molar-refractivity contribution is 7.90. The molecule has 18 heteroatoms. The van der Waals surface area contributed by atoms with Crippen molar-refractivity contribution in [1.82, 2.24) is 28.5 Å². The lowest BCUT2D eigenvalue weighted by molar-refractivity contribution is -0.132. The predicted molar refractivity (Wildman–Crippen MR) is 193 cm³/mol. The Hall–Kier alpha value is -4.00. The average molecular weight is 761 g/mol. The molecule has 4 heterocycles. The van der Waals surface area contributed by atoms with Crippen LogP contribution < -0.4 is 9.80 Å². The third kappa shape index (κ3) is 10.5. The van der Waals surface area contributed by atoms with Crippen LogP contribution in [0.1, 0.15) is 24.0 Å². The SMILES string of the molecule is CS(=O)(=O)c1nsc(N2CCN(C(=O)CCc3ccccc3)CC2)n1.CS(=O)(=O)c1nsc(N2CCN(C(=O)CCc3ccccc3)CC2)n1. The Morgan fingerprint density at radius 3 is 1.22 bits per heavy atom. The van der Waals surface area contributed by atoms with Crippen LogP contribution in [0.5, 0.6) is 0 Å². The van der Waals surface area contributed by atoms with E-state index in [1.54, 1.807) is 0 Å². The van der Waals surface area contributed by atoms with Gasteiger partial charge in [-0.3, -0.25) is 9.59 Å². The third-order valence-electron chi connectivity index (χ3n) is 8.20. The van der Waals surface area contributed by atoms with Crippen molar-refractivity contribution < 1.29 is 26.4 Å². The van der Waals surface area contributed by atoms with Crippen LogP contribution in [-0.4, -0.2) is 122 Å². The molecule has 2 amide bonds. The molecule has 50 heavy (non-hydrogen) atoms. The second-order valence-electron chi connectivity index (χ2n) is 12.0. The second kappa shape index (κ2) is 16.8. The van der Waals surface area contributed by atoms with E-state index in [0.717, 1.165) is 59.5 Å². The molecule has 2 aromatic carbocycles. The highest BCUT2D eigenvalue weighted by Gasteiger charge is 2.26. The first-order valence-corrected chi connectivity index (χ1v) is 21.4. The van der Waals surface area contributed by atoms with E-state index in [-0.39, 0.29) is 22.1 Å². The molecule has 2 aliphatic rings. The average Bonchev–Trinajstić information content (AvgIpc) is 3.83. The van der Waals surface area contributed by atoms with Crippen molar-refractivity contribution >= 4 is 64.8 Å². The van der Waals surface area contributed by atoms with Gasteiger partial charge in [-0.15, -0.1) is 0 Å². The molecule has 2 fully saturated rings. The number of rotatable bonds is 10. The fourth-order valence-electron chi connectivity index (χ4n) is 5.37. The number of carbonyl (C=O) groups is 2. The van der Waals surface area contributed by atoms with Crippen LogP contribution in [0.3, 0.4) is 0 Å². The van der Waals surface area contributed by atoms with Crippen LogP contribution in [0.15, 0.2) is 71.0 Å². The van der Waals surface area contributed by atoms with Gasteiger partial charge >= 0.3 is 0 Å². The number of hydrogen-bond donors (Lipinski definition) is 0. The van der Waals surface area contributed by atoms with Crippen LogP contribution >= 0.6 is 23.1 Å². The number of piperazine rings is 2. The van der Waals surface area contributed by atoms with Gasteiger partial charge in [-0.1, -0.05) is 60.7 Å². The molecule has 0 radical (unpaired) electrons.